The van der Waals surface area contributed by atoms with E-state index >= 15 is 0 Å². The molecule has 1 amide bonds. The number of hydrogen-bond donors (Lipinski definition) is 1. The average Bonchev–Trinajstić information content (AvgIpc) is 2.92. The lowest BCUT2D eigenvalue weighted by Crippen LogP contribution is -2.52. The summed E-state index contributed by atoms with van der Waals surface area (Å²) in [4.78, 5) is 18.0. The molecule has 1 saturated heterocycles. The van der Waals surface area contributed by atoms with E-state index in [0.717, 1.165) is 37.3 Å². The second-order valence-electron chi connectivity index (χ2n) is 8.77. The third-order valence-electron chi connectivity index (χ3n) is 6.52. The van der Waals surface area contributed by atoms with E-state index in [-0.39, 0.29) is 11.9 Å². The number of nitrogens with one attached hydrogen (secondary N) is 1. The first kappa shape index (κ1) is 24.6. The van der Waals surface area contributed by atoms with Crippen LogP contribution in [-0.2, 0) is 0 Å². The molecule has 0 radical (unpaired) electrons. The predicted molar refractivity (Wildman–Crippen MR) is 142 cm³/mol. The van der Waals surface area contributed by atoms with Crippen LogP contribution >= 0.6 is 0 Å². The minimum absolute atomic E-state index is 0.111. The topological polar surface area (TPSA) is 54.0 Å². The molecule has 0 spiro atoms. The van der Waals surface area contributed by atoms with Crippen molar-refractivity contribution in [2.45, 2.75) is 19.9 Å². The summed E-state index contributed by atoms with van der Waals surface area (Å²) in [5, 5.41) is 3.13. The standard InChI is InChI=1S/C29H35N3O3/c1-4-35-27-20-24(19-26(28(27)34-3)23-11-7-5-8-12-23)29(33)30-21-22(2)31-15-17-32(18-16-31)25-13-9-6-10-14-25/h5-14,19-20,22H,4,15-18,21H2,1-3H3,(H,30,33)/t22-/m0/s1. The zero-order valence-corrected chi connectivity index (χ0v) is 20.9. The van der Waals surface area contributed by atoms with Crippen molar-refractivity contribution in [1.29, 1.82) is 0 Å². The number of rotatable bonds is 9. The van der Waals surface area contributed by atoms with Crippen molar-refractivity contribution in [3.05, 3.63) is 78.4 Å². The number of anilines is 1. The molecule has 1 aliphatic rings. The third-order valence-corrected chi connectivity index (χ3v) is 6.52. The second-order valence-corrected chi connectivity index (χ2v) is 8.77. The van der Waals surface area contributed by atoms with Gasteiger partial charge in [0.15, 0.2) is 11.5 Å². The largest absolute Gasteiger partial charge is 0.492 e. The minimum atomic E-state index is -0.111. The molecule has 1 heterocycles. The monoisotopic (exact) mass is 473 g/mol. The molecule has 184 valence electrons. The summed E-state index contributed by atoms with van der Waals surface area (Å²) >= 11 is 0. The Morgan fingerprint density at radius 1 is 0.971 bits per heavy atom. The fraction of sp³-hybridized carbons (Fsp3) is 0.345. The average molecular weight is 474 g/mol. The highest BCUT2D eigenvalue weighted by Gasteiger charge is 2.23. The van der Waals surface area contributed by atoms with Gasteiger partial charge in [0.2, 0.25) is 0 Å². The molecule has 0 aliphatic carbocycles. The van der Waals surface area contributed by atoms with Crippen LogP contribution in [0.2, 0.25) is 0 Å². The van der Waals surface area contributed by atoms with E-state index in [1.54, 1.807) is 13.2 Å². The first-order valence-electron chi connectivity index (χ1n) is 12.3. The van der Waals surface area contributed by atoms with Gasteiger partial charge in [-0.15, -0.1) is 0 Å². The quantitative estimate of drug-likeness (QED) is 0.488. The zero-order chi connectivity index (χ0) is 24.6. The molecule has 0 unspecified atom stereocenters. The maximum atomic E-state index is 13.2. The number of ether oxygens (including phenoxy) is 2. The van der Waals surface area contributed by atoms with Crippen molar-refractivity contribution in [1.82, 2.24) is 10.2 Å². The van der Waals surface area contributed by atoms with E-state index in [9.17, 15) is 4.79 Å². The number of para-hydroxylation sites is 1. The van der Waals surface area contributed by atoms with Crippen molar-refractivity contribution in [3.63, 3.8) is 0 Å². The molecule has 6 heteroatoms. The normalized spacial score (nSPS) is 14.9. The maximum Gasteiger partial charge on any atom is 0.251 e. The predicted octanol–water partition coefficient (Wildman–Crippen LogP) is 4.70. The number of nitrogens with zero attached hydrogens (tertiary/aromatic N) is 2. The van der Waals surface area contributed by atoms with Crippen LogP contribution in [0.1, 0.15) is 24.2 Å². The van der Waals surface area contributed by atoms with Gasteiger partial charge in [0.1, 0.15) is 0 Å². The molecule has 6 nitrogen and oxygen atoms in total. The van der Waals surface area contributed by atoms with Crippen LogP contribution in [0.4, 0.5) is 5.69 Å². The molecule has 1 aliphatic heterocycles. The van der Waals surface area contributed by atoms with Gasteiger partial charge in [-0.05, 0) is 43.7 Å². The number of amides is 1. The van der Waals surface area contributed by atoms with Gasteiger partial charge in [0.25, 0.3) is 5.91 Å². The summed E-state index contributed by atoms with van der Waals surface area (Å²) in [6.45, 7) is 9.09. The molecule has 0 saturated carbocycles. The molecule has 0 aromatic heterocycles. The summed E-state index contributed by atoms with van der Waals surface area (Å²) in [6, 6.07) is 24.4. The molecular weight excluding hydrogens is 438 g/mol. The van der Waals surface area contributed by atoms with Gasteiger partial charge in [-0.25, -0.2) is 0 Å². The number of methoxy groups -OCH3 is 1. The minimum Gasteiger partial charge on any atom is -0.492 e. The van der Waals surface area contributed by atoms with E-state index in [1.165, 1.54) is 5.69 Å². The first-order valence-corrected chi connectivity index (χ1v) is 12.3. The summed E-state index contributed by atoms with van der Waals surface area (Å²) < 4.78 is 11.5. The van der Waals surface area contributed by atoms with Crippen molar-refractivity contribution < 1.29 is 14.3 Å². The fourth-order valence-corrected chi connectivity index (χ4v) is 4.57. The smallest absolute Gasteiger partial charge is 0.251 e. The first-order chi connectivity index (χ1) is 17.1. The Labute approximate surface area is 208 Å². The van der Waals surface area contributed by atoms with Crippen molar-refractivity contribution in [2.75, 3.05) is 51.3 Å². The van der Waals surface area contributed by atoms with Crippen molar-refractivity contribution in [3.8, 4) is 22.6 Å². The SMILES string of the molecule is CCOc1cc(C(=O)NC[C@H](C)N2CCN(c3ccccc3)CC2)cc(-c2ccccc2)c1OC. The molecule has 4 rings (SSSR count). The van der Waals surface area contributed by atoms with Gasteiger partial charge >= 0.3 is 0 Å². The lowest BCUT2D eigenvalue weighted by Gasteiger charge is -2.39. The summed E-state index contributed by atoms with van der Waals surface area (Å²) in [5.41, 5.74) is 3.65. The molecule has 0 bridgehead atoms. The van der Waals surface area contributed by atoms with Gasteiger partial charge in [-0.3, -0.25) is 9.69 Å². The van der Waals surface area contributed by atoms with Gasteiger partial charge in [0, 0.05) is 55.6 Å². The molecule has 1 N–H and O–H groups in total. The van der Waals surface area contributed by atoms with Gasteiger partial charge in [0.05, 0.1) is 13.7 Å². The van der Waals surface area contributed by atoms with Crippen LogP contribution in [0, 0.1) is 0 Å². The second kappa shape index (κ2) is 11.8. The Hall–Kier alpha value is -3.51. The van der Waals surface area contributed by atoms with E-state index in [1.807, 2.05) is 49.4 Å². The Morgan fingerprint density at radius 3 is 2.26 bits per heavy atom. The van der Waals surface area contributed by atoms with Gasteiger partial charge < -0.3 is 19.7 Å². The van der Waals surface area contributed by atoms with Gasteiger partial charge in [-0.1, -0.05) is 48.5 Å². The van der Waals surface area contributed by atoms with E-state index < -0.39 is 0 Å². The molecule has 3 aromatic carbocycles. The van der Waals surface area contributed by atoms with Crippen LogP contribution in [0.15, 0.2) is 72.8 Å². The Morgan fingerprint density at radius 2 is 1.63 bits per heavy atom. The van der Waals surface area contributed by atoms with Gasteiger partial charge in [-0.2, -0.15) is 0 Å². The molecular formula is C29H35N3O3. The number of piperazine rings is 1. The molecule has 1 atom stereocenters. The highest BCUT2D eigenvalue weighted by atomic mass is 16.5. The Balaban J connectivity index is 1.42. The van der Waals surface area contributed by atoms with Crippen molar-refractivity contribution >= 4 is 11.6 Å². The van der Waals surface area contributed by atoms with Crippen LogP contribution < -0.4 is 19.7 Å². The third kappa shape index (κ3) is 5.95. The van der Waals surface area contributed by atoms with Crippen LogP contribution in [-0.4, -0.2) is 63.3 Å². The van der Waals surface area contributed by atoms with Crippen LogP contribution in [0.5, 0.6) is 11.5 Å². The van der Waals surface area contributed by atoms with Crippen LogP contribution in [0.3, 0.4) is 0 Å². The molecule has 1 fully saturated rings. The number of hydrogen-bond acceptors (Lipinski definition) is 5. The lowest BCUT2D eigenvalue weighted by atomic mass is 10.0. The summed E-state index contributed by atoms with van der Waals surface area (Å²) in [7, 11) is 1.63. The summed E-state index contributed by atoms with van der Waals surface area (Å²) in [6.07, 6.45) is 0. The zero-order valence-electron chi connectivity index (χ0n) is 20.9. The fourth-order valence-electron chi connectivity index (χ4n) is 4.57. The number of benzene rings is 3. The van der Waals surface area contributed by atoms with Crippen molar-refractivity contribution in [2.24, 2.45) is 0 Å². The maximum absolute atomic E-state index is 13.2. The Kier molecular flexibility index (Phi) is 8.27. The van der Waals surface area contributed by atoms with E-state index in [0.29, 0.717) is 30.2 Å². The summed E-state index contributed by atoms with van der Waals surface area (Å²) in [5.74, 6) is 1.10. The molecule has 35 heavy (non-hydrogen) atoms. The Bertz CT molecular complexity index is 1100. The van der Waals surface area contributed by atoms with Crippen LogP contribution in [0.25, 0.3) is 11.1 Å². The number of carbonyl (C=O) groups excluding carboxylic acids is 1. The highest BCUT2D eigenvalue weighted by Crippen LogP contribution is 2.39. The highest BCUT2D eigenvalue weighted by molar-refractivity contribution is 5.97. The van der Waals surface area contributed by atoms with E-state index in [2.05, 4.69) is 46.3 Å². The molecule has 3 aromatic rings. The van der Waals surface area contributed by atoms with E-state index in [4.69, 9.17) is 9.47 Å². The lowest BCUT2D eigenvalue weighted by molar-refractivity contribution is 0.0934. The number of carbonyl (C=O) groups is 1.